The van der Waals surface area contributed by atoms with Gasteiger partial charge in [0.1, 0.15) is 17.6 Å². The normalized spacial score (nSPS) is 14.2. The smallest absolute Gasteiger partial charge is 0.142 e. The van der Waals surface area contributed by atoms with E-state index in [4.69, 9.17) is 5.26 Å². The van der Waals surface area contributed by atoms with Gasteiger partial charge in [-0.05, 0) is 47.4 Å². The summed E-state index contributed by atoms with van der Waals surface area (Å²) in [6, 6.07) is 10.5. The fourth-order valence-electron chi connectivity index (χ4n) is 2.01. The van der Waals surface area contributed by atoms with Crippen LogP contribution in [0.25, 0.3) is 0 Å². The fourth-order valence-corrected chi connectivity index (χ4v) is 2.67. The topological polar surface area (TPSA) is 39.9 Å². The average molecular weight is 255 g/mol. The Morgan fingerprint density at radius 2 is 2.28 bits per heavy atom. The second-order valence-corrected chi connectivity index (χ2v) is 5.26. The highest BCUT2D eigenvalue weighted by molar-refractivity contribution is 7.07. The molecule has 0 N–H and O–H groups in total. The number of hydrogen-bond donors (Lipinski definition) is 0. The van der Waals surface area contributed by atoms with E-state index in [1.807, 2.05) is 12.1 Å². The van der Waals surface area contributed by atoms with Gasteiger partial charge in [0, 0.05) is 12.6 Å². The third-order valence-electron chi connectivity index (χ3n) is 3.06. The van der Waals surface area contributed by atoms with E-state index < -0.39 is 0 Å². The summed E-state index contributed by atoms with van der Waals surface area (Å²) in [5, 5.41) is 13.2. The molecule has 0 aromatic carbocycles. The number of aromatic nitrogens is 1. The molecule has 0 unspecified atom stereocenters. The first-order chi connectivity index (χ1) is 8.86. The van der Waals surface area contributed by atoms with E-state index in [0.29, 0.717) is 11.7 Å². The quantitative estimate of drug-likeness (QED) is 0.842. The van der Waals surface area contributed by atoms with Gasteiger partial charge in [-0.15, -0.1) is 0 Å². The molecule has 0 atom stereocenters. The zero-order valence-electron chi connectivity index (χ0n) is 9.91. The van der Waals surface area contributed by atoms with Crippen molar-refractivity contribution in [1.82, 2.24) is 4.98 Å². The van der Waals surface area contributed by atoms with Gasteiger partial charge in [0.05, 0.1) is 0 Å². The molecule has 1 fully saturated rings. The maximum Gasteiger partial charge on any atom is 0.142 e. The van der Waals surface area contributed by atoms with Gasteiger partial charge in [-0.3, -0.25) is 0 Å². The second kappa shape index (κ2) is 4.79. The van der Waals surface area contributed by atoms with Crippen LogP contribution in [0.4, 0.5) is 5.82 Å². The summed E-state index contributed by atoms with van der Waals surface area (Å²) in [4.78, 5) is 6.71. The van der Waals surface area contributed by atoms with Gasteiger partial charge in [-0.1, -0.05) is 6.07 Å². The minimum atomic E-state index is 0.489. The van der Waals surface area contributed by atoms with Crippen LogP contribution < -0.4 is 4.90 Å². The van der Waals surface area contributed by atoms with Gasteiger partial charge in [0.15, 0.2) is 0 Å². The van der Waals surface area contributed by atoms with E-state index in [0.717, 1.165) is 12.4 Å². The largest absolute Gasteiger partial charge is 0.349 e. The number of nitrogens with zero attached hydrogens (tertiary/aromatic N) is 3. The molecule has 0 saturated heterocycles. The average Bonchev–Trinajstić information content (AvgIpc) is 3.13. The van der Waals surface area contributed by atoms with Crippen molar-refractivity contribution in [3.8, 4) is 6.07 Å². The zero-order valence-corrected chi connectivity index (χ0v) is 10.7. The standard InChI is InChI=1S/C14H13N3S/c15-8-12-2-1-3-14(16-12)17(13-4-5-13)9-11-6-7-18-10-11/h1-3,6-7,10,13H,4-5,9H2. The van der Waals surface area contributed by atoms with Gasteiger partial charge in [0.2, 0.25) is 0 Å². The molecule has 2 aromatic heterocycles. The van der Waals surface area contributed by atoms with Crippen molar-refractivity contribution in [2.45, 2.75) is 25.4 Å². The van der Waals surface area contributed by atoms with Gasteiger partial charge in [-0.2, -0.15) is 16.6 Å². The van der Waals surface area contributed by atoms with Crippen LogP contribution in [-0.2, 0) is 6.54 Å². The Hall–Kier alpha value is -1.86. The van der Waals surface area contributed by atoms with Crippen molar-refractivity contribution >= 4 is 17.2 Å². The summed E-state index contributed by atoms with van der Waals surface area (Å²) >= 11 is 1.72. The van der Waals surface area contributed by atoms with E-state index >= 15 is 0 Å². The number of anilines is 1. The van der Waals surface area contributed by atoms with Crippen LogP contribution in [0, 0.1) is 11.3 Å². The first-order valence-electron chi connectivity index (χ1n) is 6.02. The van der Waals surface area contributed by atoms with Crippen LogP contribution in [0.3, 0.4) is 0 Å². The molecule has 4 heteroatoms. The first kappa shape index (κ1) is 11.2. The predicted octanol–water partition coefficient (Wildman–Crippen LogP) is 3.18. The third-order valence-corrected chi connectivity index (χ3v) is 3.80. The number of nitriles is 1. The van der Waals surface area contributed by atoms with E-state index in [1.165, 1.54) is 18.4 Å². The highest BCUT2D eigenvalue weighted by Crippen LogP contribution is 2.32. The van der Waals surface area contributed by atoms with Crippen molar-refractivity contribution in [1.29, 1.82) is 5.26 Å². The number of pyridine rings is 1. The lowest BCUT2D eigenvalue weighted by atomic mass is 10.3. The molecule has 1 aliphatic carbocycles. The molecule has 3 rings (SSSR count). The molecule has 0 bridgehead atoms. The first-order valence-corrected chi connectivity index (χ1v) is 6.96. The third kappa shape index (κ3) is 2.36. The van der Waals surface area contributed by atoms with Crippen molar-refractivity contribution in [3.05, 3.63) is 46.3 Å². The molecule has 0 amide bonds. The molecule has 1 aliphatic rings. The Morgan fingerprint density at radius 3 is 2.94 bits per heavy atom. The summed E-state index contributed by atoms with van der Waals surface area (Å²) < 4.78 is 0. The predicted molar refractivity (Wildman–Crippen MR) is 72.5 cm³/mol. The SMILES string of the molecule is N#Cc1cccc(N(Cc2ccsc2)C2CC2)n1. The number of thiophene rings is 1. The molecular formula is C14H13N3S. The Kier molecular flexibility index (Phi) is 2.99. The highest BCUT2D eigenvalue weighted by Gasteiger charge is 2.30. The molecule has 0 aliphatic heterocycles. The molecule has 2 aromatic rings. The van der Waals surface area contributed by atoms with Crippen molar-refractivity contribution in [2.75, 3.05) is 4.90 Å². The zero-order chi connectivity index (χ0) is 12.4. The molecule has 1 saturated carbocycles. The molecule has 0 spiro atoms. The highest BCUT2D eigenvalue weighted by atomic mass is 32.1. The minimum absolute atomic E-state index is 0.489. The van der Waals surface area contributed by atoms with Crippen LogP contribution in [0.1, 0.15) is 24.1 Å². The number of rotatable bonds is 4. The van der Waals surface area contributed by atoms with Crippen LogP contribution in [0.15, 0.2) is 35.0 Å². The van der Waals surface area contributed by atoms with Gasteiger partial charge in [-0.25, -0.2) is 4.98 Å². The van der Waals surface area contributed by atoms with Crippen LogP contribution in [0.5, 0.6) is 0 Å². The van der Waals surface area contributed by atoms with Crippen LogP contribution in [-0.4, -0.2) is 11.0 Å². The lowest BCUT2D eigenvalue weighted by molar-refractivity contribution is 0.779. The van der Waals surface area contributed by atoms with E-state index in [2.05, 4.69) is 32.8 Å². The maximum absolute atomic E-state index is 8.93. The lowest BCUT2D eigenvalue weighted by Crippen LogP contribution is -2.25. The molecule has 3 nitrogen and oxygen atoms in total. The summed E-state index contributed by atoms with van der Waals surface area (Å²) in [5.74, 6) is 0.919. The summed E-state index contributed by atoms with van der Waals surface area (Å²) in [6.45, 7) is 0.885. The maximum atomic E-state index is 8.93. The fraction of sp³-hybridized carbons (Fsp3) is 0.286. The summed E-state index contributed by atoms with van der Waals surface area (Å²) in [6.07, 6.45) is 2.45. The van der Waals surface area contributed by atoms with Crippen LogP contribution in [0.2, 0.25) is 0 Å². The van der Waals surface area contributed by atoms with Crippen molar-refractivity contribution in [3.63, 3.8) is 0 Å². The molecule has 2 heterocycles. The van der Waals surface area contributed by atoms with Gasteiger partial charge >= 0.3 is 0 Å². The van der Waals surface area contributed by atoms with E-state index in [-0.39, 0.29) is 0 Å². The lowest BCUT2D eigenvalue weighted by Gasteiger charge is -2.23. The summed E-state index contributed by atoms with van der Waals surface area (Å²) in [5.41, 5.74) is 1.81. The molecule has 0 radical (unpaired) electrons. The Labute approximate surface area is 110 Å². The minimum Gasteiger partial charge on any atom is -0.349 e. The Bertz CT molecular complexity index is 567. The van der Waals surface area contributed by atoms with Crippen molar-refractivity contribution < 1.29 is 0 Å². The number of hydrogen-bond acceptors (Lipinski definition) is 4. The molecular weight excluding hydrogens is 242 g/mol. The second-order valence-electron chi connectivity index (χ2n) is 4.48. The molecule has 90 valence electrons. The monoisotopic (exact) mass is 255 g/mol. The Balaban J connectivity index is 1.87. The molecule has 18 heavy (non-hydrogen) atoms. The summed E-state index contributed by atoms with van der Waals surface area (Å²) in [7, 11) is 0. The van der Waals surface area contributed by atoms with Gasteiger partial charge in [0.25, 0.3) is 0 Å². The Morgan fingerprint density at radius 1 is 1.39 bits per heavy atom. The van der Waals surface area contributed by atoms with Crippen molar-refractivity contribution in [2.24, 2.45) is 0 Å². The van der Waals surface area contributed by atoms with E-state index in [9.17, 15) is 0 Å². The van der Waals surface area contributed by atoms with E-state index in [1.54, 1.807) is 17.4 Å². The van der Waals surface area contributed by atoms with Gasteiger partial charge < -0.3 is 4.90 Å². The van der Waals surface area contributed by atoms with Crippen LogP contribution >= 0.6 is 11.3 Å².